The van der Waals surface area contributed by atoms with Crippen molar-refractivity contribution < 1.29 is 0 Å². The van der Waals surface area contributed by atoms with Crippen molar-refractivity contribution in [2.75, 3.05) is 13.1 Å². The molecule has 1 unspecified atom stereocenters. The molecule has 12 heavy (non-hydrogen) atoms. The molecule has 0 saturated carbocycles. The molecule has 1 rings (SSSR count). The number of hydrogen-bond acceptors (Lipinski definition) is 2. The summed E-state index contributed by atoms with van der Waals surface area (Å²) < 4.78 is 2.60. The molecule has 1 aliphatic heterocycles. The second kappa shape index (κ2) is 5.91. The highest BCUT2D eigenvalue weighted by atomic mass is 28.3. The number of rotatable bonds is 4. The summed E-state index contributed by atoms with van der Waals surface area (Å²) in [5.41, 5.74) is 0. The van der Waals surface area contributed by atoms with Crippen molar-refractivity contribution in [1.82, 2.24) is 4.57 Å². The number of hydrogen-bond donors (Lipinski definition) is 1. The second-order valence-electron chi connectivity index (χ2n) is 3.81. The second-order valence-corrected chi connectivity index (χ2v) is 7.96. The SMILES string of the molecule is C[SiH2]CC[SiH](N)N1CCCCC1. The first kappa shape index (κ1) is 10.4. The van der Waals surface area contributed by atoms with E-state index in [9.17, 15) is 0 Å². The minimum atomic E-state index is -0.933. The number of piperidine rings is 1. The van der Waals surface area contributed by atoms with Crippen molar-refractivity contribution in [1.29, 1.82) is 0 Å². The van der Waals surface area contributed by atoms with Crippen LogP contribution in [0, 0.1) is 0 Å². The van der Waals surface area contributed by atoms with Crippen LogP contribution in [0.25, 0.3) is 0 Å². The zero-order valence-corrected chi connectivity index (χ0v) is 10.8. The first-order valence-electron chi connectivity index (χ1n) is 5.34. The summed E-state index contributed by atoms with van der Waals surface area (Å²) in [6.07, 6.45) is 4.22. The highest BCUT2D eigenvalue weighted by Crippen LogP contribution is 2.10. The van der Waals surface area contributed by atoms with Gasteiger partial charge in [0.25, 0.3) is 0 Å². The summed E-state index contributed by atoms with van der Waals surface area (Å²) in [6.45, 7) is 4.99. The third-order valence-electron chi connectivity index (χ3n) is 2.71. The quantitative estimate of drug-likeness (QED) is 0.664. The van der Waals surface area contributed by atoms with Crippen LogP contribution in [0.3, 0.4) is 0 Å². The summed E-state index contributed by atoms with van der Waals surface area (Å²) >= 11 is 0. The van der Waals surface area contributed by atoms with E-state index in [4.69, 9.17) is 5.40 Å². The van der Waals surface area contributed by atoms with E-state index in [1.54, 1.807) is 0 Å². The smallest absolute Gasteiger partial charge is 0.184 e. The minimum absolute atomic E-state index is 0.264. The van der Waals surface area contributed by atoms with Gasteiger partial charge in [-0.15, -0.1) is 0 Å². The molecule has 0 bridgehead atoms. The molecule has 0 aromatic carbocycles. The lowest BCUT2D eigenvalue weighted by molar-refractivity contribution is 0.350. The van der Waals surface area contributed by atoms with Crippen molar-refractivity contribution in [3.05, 3.63) is 0 Å². The molecule has 2 N–H and O–H groups in total. The van der Waals surface area contributed by atoms with Gasteiger partial charge in [0.1, 0.15) is 0 Å². The Morgan fingerprint density at radius 2 is 2.00 bits per heavy atom. The average molecular weight is 202 g/mol. The fraction of sp³-hybridized carbons (Fsp3) is 1.00. The molecule has 72 valence electrons. The molecular weight excluding hydrogens is 180 g/mol. The fourth-order valence-corrected chi connectivity index (χ4v) is 6.55. The van der Waals surface area contributed by atoms with Crippen molar-refractivity contribution in [3.63, 3.8) is 0 Å². The summed E-state index contributed by atoms with van der Waals surface area (Å²) in [4.78, 5) is 0. The first-order valence-corrected chi connectivity index (χ1v) is 9.75. The molecule has 0 aliphatic carbocycles. The molecular formula is C8H22N2Si2. The Morgan fingerprint density at radius 3 is 2.58 bits per heavy atom. The van der Waals surface area contributed by atoms with Crippen molar-refractivity contribution in [3.8, 4) is 0 Å². The molecule has 1 saturated heterocycles. The van der Waals surface area contributed by atoms with Crippen LogP contribution >= 0.6 is 0 Å². The minimum Gasteiger partial charge on any atom is -0.341 e. The number of nitrogens with two attached hydrogens (primary N) is 1. The van der Waals surface area contributed by atoms with Gasteiger partial charge in [-0.2, -0.15) is 0 Å². The lowest BCUT2D eigenvalue weighted by Crippen LogP contribution is -2.49. The largest absolute Gasteiger partial charge is 0.341 e. The lowest BCUT2D eigenvalue weighted by atomic mass is 10.2. The maximum absolute atomic E-state index is 6.22. The predicted molar refractivity (Wildman–Crippen MR) is 60.8 cm³/mol. The summed E-state index contributed by atoms with van der Waals surface area (Å²) in [5.74, 6) is 0. The standard InChI is InChI=1S/C8H22N2Si2/c1-11-7-8-12(9)10-5-3-2-4-6-10/h12H,2-9,11H2,1H3. The Hall–Kier alpha value is 0.354. The normalized spacial score (nSPS) is 23.5. The monoisotopic (exact) mass is 202 g/mol. The van der Waals surface area contributed by atoms with Crippen LogP contribution in [-0.2, 0) is 0 Å². The van der Waals surface area contributed by atoms with E-state index in [0.717, 1.165) is 0 Å². The van der Waals surface area contributed by atoms with Gasteiger partial charge in [-0.25, -0.2) is 0 Å². The maximum Gasteiger partial charge on any atom is 0.184 e. The molecule has 1 aliphatic rings. The van der Waals surface area contributed by atoms with Crippen LogP contribution in [0.5, 0.6) is 0 Å². The molecule has 4 heteroatoms. The molecule has 1 heterocycles. The Labute approximate surface area is 80.1 Å². The zero-order valence-electron chi connectivity index (χ0n) is 8.26. The van der Waals surface area contributed by atoms with Gasteiger partial charge in [0.05, 0.1) is 0 Å². The van der Waals surface area contributed by atoms with E-state index in [0.29, 0.717) is 0 Å². The van der Waals surface area contributed by atoms with Gasteiger partial charge in [0.15, 0.2) is 9.12 Å². The van der Waals surface area contributed by atoms with Gasteiger partial charge < -0.3 is 9.96 Å². The van der Waals surface area contributed by atoms with Gasteiger partial charge >= 0.3 is 0 Å². The summed E-state index contributed by atoms with van der Waals surface area (Å²) in [5, 5.41) is 6.22. The third kappa shape index (κ3) is 3.39. The van der Waals surface area contributed by atoms with Crippen LogP contribution in [0.1, 0.15) is 19.3 Å². The topological polar surface area (TPSA) is 29.3 Å². The molecule has 0 radical (unpaired) electrons. The summed E-state index contributed by atoms with van der Waals surface area (Å²) in [7, 11) is -0.669. The van der Waals surface area contributed by atoms with Gasteiger partial charge in [-0.05, 0) is 32.0 Å². The zero-order chi connectivity index (χ0) is 8.81. The highest BCUT2D eigenvalue weighted by Gasteiger charge is 2.17. The van der Waals surface area contributed by atoms with Crippen LogP contribution in [0.4, 0.5) is 0 Å². The van der Waals surface area contributed by atoms with Crippen molar-refractivity contribution >= 4 is 18.6 Å². The third-order valence-corrected chi connectivity index (χ3v) is 7.10. The fourth-order valence-electron chi connectivity index (χ4n) is 1.85. The lowest BCUT2D eigenvalue weighted by Gasteiger charge is -2.31. The molecule has 1 atom stereocenters. The van der Waals surface area contributed by atoms with Gasteiger partial charge in [-0.3, -0.25) is 0 Å². The van der Waals surface area contributed by atoms with Gasteiger partial charge in [-0.1, -0.05) is 19.0 Å². The van der Waals surface area contributed by atoms with E-state index in [-0.39, 0.29) is 9.52 Å². The number of nitrogens with zero attached hydrogens (tertiary/aromatic N) is 1. The predicted octanol–water partition coefficient (Wildman–Crippen LogP) is 0.287. The Morgan fingerprint density at radius 1 is 1.33 bits per heavy atom. The van der Waals surface area contributed by atoms with Crippen molar-refractivity contribution in [2.24, 2.45) is 5.40 Å². The molecule has 2 nitrogen and oxygen atoms in total. The van der Waals surface area contributed by atoms with Crippen molar-refractivity contribution in [2.45, 2.75) is 37.9 Å². The molecule has 0 spiro atoms. The Kier molecular flexibility index (Phi) is 5.14. The van der Waals surface area contributed by atoms with Gasteiger partial charge in [0.2, 0.25) is 0 Å². The van der Waals surface area contributed by atoms with E-state index in [2.05, 4.69) is 11.1 Å². The highest BCUT2D eigenvalue weighted by molar-refractivity contribution is 6.53. The molecule has 0 amide bonds. The van der Waals surface area contributed by atoms with Crippen LogP contribution in [-0.4, -0.2) is 36.3 Å². The Balaban J connectivity index is 2.15. The van der Waals surface area contributed by atoms with E-state index in [1.807, 2.05) is 0 Å². The van der Waals surface area contributed by atoms with Crippen LogP contribution < -0.4 is 5.40 Å². The van der Waals surface area contributed by atoms with E-state index < -0.39 is 9.12 Å². The van der Waals surface area contributed by atoms with E-state index >= 15 is 0 Å². The van der Waals surface area contributed by atoms with Crippen LogP contribution in [0.15, 0.2) is 0 Å². The molecule has 1 fully saturated rings. The van der Waals surface area contributed by atoms with Crippen LogP contribution in [0.2, 0.25) is 18.6 Å². The summed E-state index contributed by atoms with van der Waals surface area (Å²) in [6, 6.07) is 2.85. The molecule has 0 aromatic heterocycles. The maximum atomic E-state index is 6.22. The first-order chi connectivity index (χ1) is 5.84. The Bertz CT molecular complexity index is 116. The van der Waals surface area contributed by atoms with E-state index in [1.165, 1.54) is 44.4 Å². The average Bonchev–Trinajstić information content (AvgIpc) is 2.15. The molecule has 0 aromatic rings. The van der Waals surface area contributed by atoms with Gasteiger partial charge in [0, 0.05) is 9.52 Å².